The van der Waals surface area contributed by atoms with Gasteiger partial charge in [-0.1, -0.05) is 24.6 Å². The second-order valence-electron chi connectivity index (χ2n) is 8.07. The fourth-order valence-electron chi connectivity index (χ4n) is 4.94. The molecule has 1 saturated heterocycles. The number of aliphatic hydroxyl groups is 1. The van der Waals surface area contributed by atoms with Crippen molar-refractivity contribution in [3.8, 4) is 5.75 Å². The minimum Gasteiger partial charge on any atom is -0.491 e. The standard InChI is InChI=1S/C23H30N2O3/c1-27-12-13-28-22-9-7-18(8-10-22)15-25-16-20-4-2-5-21(17-25)23(20,26)19-6-3-11-24-14-19/h3,6-11,14,20-21,26H,2,4-5,12-13,15-17H2,1H3/t20-,21-/m1/s1. The molecule has 2 bridgehead atoms. The molecule has 150 valence electrons. The maximum absolute atomic E-state index is 11.7. The second kappa shape index (κ2) is 8.60. The second-order valence-corrected chi connectivity index (χ2v) is 8.07. The number of methoxy groups -OCH3 is 1. The third kappa shape index (κ3) is 3.93. The molecule has 0 unspecified atom stereocenters. The average molecular weight is 383 g/mol. The van der Waals surface area contributed by atoms with Gasteiger partial charge in [-0.2, -0.15) is 0 Å². The Hall–Kier alpha value is -1.95. The minimum atomic E-state index is -0.734. The Morgan fingerprint density at radius 2 is 1.86 bits per heavy atom. The Kier molecular flexibility index (Phi) is 5.95. The summed E-state index contributed by atoms with van der Waals surface area (Å²) in [5, 5.41) is 11.7. The van der Waals surface area contributed by atoms with E-state index in [1.165, 1.54) is 12.0 Å². The highest BCUT2D eigenvalue weighted by Crippen LogP contribution is 2.49. The fraction of sp³-hybridized carbons (Fsp3) is 0.522. The van der Waals surface area contributed by atoms with Gasteiger partial charge in [0.05, 0.1) is 12.2 Å². The first-order valence-corrected chi connectivity index (χ1v) is 10.3. The highest BCUT2D eigenvalue weighted by molar-refractivity contribution is 5.28. The van der Waals surface area contributed by atoms with Gasteiger partial charge in [0, 0.05) is 56.5 Å². The van der Waals surface area contributed by atoms with Gasteiger partial charge in [0.2, 0.25) is 0 Å². The number of piperidine rings is 1. The molecule has 5 heteroatoms. The van der Waals surface area contributed by atoms with Crippen LogP contribution in [0.15, 0.2) is 48.8 Å². The third-order valence-corrected chi connectivity index (χ3v) is 6.32. The number of nitrogens with zero attached hydrogens (tertiary/aromatic N) is 2. The van der Waals surface area contributed by atoms with Crippen LogP contribution in [0.2, 0.25) is 0 Å². The molecule has 1 aromatic carbocycles. The van der Waals surface area contributed by atoms with E-state index in [1.54, 1.807) is 13.3 Å². The van der Waals surface area contributed by atoms with Crippen LogP contribution in [0.25, 0.3) is 0 Å². The molecule has 4 rings (SSSR count). The van der Waals surface area contributed by atoms with Gasteiger partial charge in [0.25, 0.3) is 0 Å². The van der Waals surface area contributed by atoms with Crippen LogP contribution in [0, 0.1) is 11.8 Å². The molecule has 0 spiro atoms. The molecule has 2 fully saturated rings. The normalized spacial score (nSPS) is 27.5. The van der Waals surface area contributed by atoms with Gasteiger partial charge < -0.3 is 14.6 Å². The first kappa shape index (κ1) is 19.4. The van der Waals surface area contributed by atoms with Crippen molar-refractivity contribution in [1.82, 2.24) is 9.88 Å². The summed E-state index contributed by atoms with van der Waals surface area (Å²) < 4.78 is 10.7. The van der Waals surface area contributed by atoms with Gasteiger partial charge in [0.15, 0.2) is 0 Å². The number of hydrogen-bond donors (Lipinski definition) is 1. The molecule has 1 aliphatic heterocycles. The Morgan fingerprint density at radius 1 is 1.11 bits per heavy atom. The van der Waals surface area contributed by atoms with Crippen LogP contribution in [-0.4, -0.2) is 48.4 Å². The minimum absolute atomic E-state index is 0.265. The van der Waals surface area contributed by atoms with E-state index in [9.17, 15) is 5.11 Å². The Bertz CT molecular complexity index is 736. The van der Waals surface area contributed by atoms with E-state index < -0.39 is 5.60 Å². The smallest absolute Gasteiger partial charge is 0.119 e. The molecule has 2 heterocycles. The summed E-state index contributed by atoms with van der Waals surface area (Å²) in [7, 11) is 1.68. The summed E-state index contributed by atoms with van der Waals surface area (Å²) in [6, 6.07) is 12.3. The number of ether oxygens (including phenoxy) is 2. The predicted octanol–water partition coefficient (Wildman–Crippen LogP) is 3.23. The van der Waals surface area contributed by atoms with E-state index in [0.717, 1.165) is 43.8 Å². The largest absolute Gasteiger partial charge is 0.491 e. The molecule has 2 aromatic rings. The molecule has 2 atom stereocenters. The molecule has 1 aromatic heterocycles. The van der Waals surface area contributed by atoms with Crippen LogP contribution in [0.5, 0.6) is 5.75 Å². The van der Waals surface area contributed by atoms with Crippen molar-refractivity contribution in [2.75, 3.05) is 33.4 Å². The average Bonchev–Trinajstić information content (AvgIpc) is 2.71. The molecular weight excluding hydrogens is 352 g/mol. The van der Waals surface area contributed by atoms with Crippen molar-refractivity contribution >= 4 is 0 Å². The highest BCUT2D eigenvalue weighted by atomic mass is 16.5. The van der Waals surface area contributed by atoms with E-state index in [1.807, 2.05) is 30.5 Å². The van der Waals surface area contributed by atoms with Crippen molar-refractivity contribution in [3.05, 3.63) is 59.9 Å². The van der Waals surface area contributed by atoms with Gasteiger partial charge in [-0.3, -0.25) is 9.88 Å². The molecule has 0 radical (unpaired) electrons. The lowest BCUT2D eigenvalue weighted by atomic mass is 9.63. The number of fused-ring (bicyclic) bond motifs is 2. The van der Waals surface area contributed by atoms with E-state index >= 15 is 0 Å². The maximum Gasteiger partial charge on any atom is 0.119 e. The molecule has 1 aliphatic carbocycles. The summed E-state index contributed by atoms with van der Waals surface area (Å²) >= 11 is 0. The quantitative estimate of drug-likeness (QED) is 0.745. The van der Waals surface area contributed by atoms with Gasteiger partial charge in [0.1, 0.15) is 12.4 Å². The maximum atomic E-state index is 11.7. The molecule has 1 N–H and O–H groups in total. The van der Waals surface area contributed by atoms with Crippen LogP contribution in [0.1, 0.15) is 30.4 Å². The summed E-state index contributed by atoms with van der Waals surface area (Å²) in [6.45, 7) is 3.92. The van der Waals surface area contributed by atoms with Crippen LogP contribution in [0.3, 0.4) is 0 Å². The summed E-state index contributed by atoms with van der Waals surface area (Å²) in [4.78, 5) is 6.76. The van der Waals surface area contributed by atoms with E-state index in [-0.39, 0.29) is 11.8 Å². The molecule has 28 heavy (non-hydrogen) atoms. The Balaban J connectivity index is 1.42. The Morgan fingerprint density at radius 3 is 2.50 bits per heavy atom. The van der Waals surface area contributed by atoms with Crippen LogP contribution in [-0.2, 0) is 16.9 Å². The van der Waals surface area contributed by atoms with Gasteiger partial charge in [-0.05, 0) is 36.6 Å². The van der Waals surface area contributed by atoms with Gasteiger partial charge >= 0.3 is 0 Å². The first-order valence-electron chi connectivity index (χ1n) is 10.3. The molecule has 1 saturated carbocycles. The number of benzene rings is 1. The van der Waals surface area contributed by atoms with Crippen molar-refractivity contribution in [2.45, 2.75) is 31.4 Å². The summed E-state index contributed by atoms with van der Waals surface area (Å²) in [5.41, 5.74) is 1.54. The lowest BCUT2D eigenvalue weighted by molar-refractivity contribution is -0.148. The predicted molar refractivity (Wildman–Crippen MR) is 108 cm³/mol. The van der Waals surface area contributed by atoms with Crippen molar-refractivity contribution in [3.63, 3.8) is 0 Å². The SMILES string of the molecule is COCCOc1ccc(CN2C[C@H]3CCC[C@H](C2)C3(O)c2cccnc2)cc1. The van der Waals surface area contributed by atoms with Gasteiger partial charge in [-0.15, -0.1) is 0 Å². The van der Waals surface area contributed by atoms with E-state index in [0.29, 0.717) is 13.2 Å². The fourth-order valence-corrected chi connectivity index (χ4v) is 4.94. The van der Waals surface area contributed by atoms with Gasteiger partial charge in [-0.25, -0.2) is 0 Å². The number of rotatable bonds is 7. The van der Waals surface area contributed by atoms with Crippen molar-refractivity contribution in [2.24, 2.45) is 11.8 Å². The lowest BCUT2D eigenvalue weighted by Gasteiger charge is -2.53. The zero-order valence-electron chi connectivity index (χ0n) is 16.6. The third-order valence-electron chi connectivity index (χ3n) is 6.32. The topological polar surface area (TPSA) is 54.8 Å². The Labute approximate surface area is 167 Å². The zero-order valence-corrected chi connectivity index (χ0v) is 16.6. The summed E-state index contributed by atoms with van der Waals surface area (Å²) in [5.74, 6) is 1.41. The summed E-state index contributed by atoms with van der Waals surface area (Å²) in [6.07, 6.45) is 6.98. The zero-order chi connectivity index (χ0) is 19.4. The monoisotopic (exact) mass is 382 g/mol. The van der Waals surface area contributed by atoms with Crippen LogP contribution < -0.4 is 4.74 Å². The number of pyridine rings is 1. The first-order chi connectivity index (χ1) is 13.7. The molecular formula is C23H30N2O3. The molecule has 5 nitrogen and oxygen atoms in total. The van der Waals surface area contributed by atoms with E-state index in [2.05, 4.69) is 22.0 Å². The van der Waals surface area contributed by atoms with Crippen LogP contribution >= 0.6 is 0 Å². The van der Waals surface area contributed by atoms with Crippen molar-refractivity contribution < 1.29 is 14.6 Å². The number of aromatic nitrogens is 1. The number of likely N-dealkylation sites (tertiary alicyclic amines) is 1. The number of hydrogen-bond acceptors (Lipinski definition) is 5. The van der Waals surface area contributed by atoms with E-state index in [4.69, 9.17) is 9.47 Å². The van der Waals surface area contributed by atoms with Crippen LogP contribution in [0.4, 0.5) is 0 Å². The molecule has 0 amide bonds. The highest BCUT2D eigenvalue weighted by Gasteiger charge is 2.51. The molecule has 2 aliphatic rings. The lowest BCUT2D eigenvalue weighted by Crippen LogP contribution is -2.57. The van der Waals surface area contributed by atoms with Crippen molar-refractivity contribution in [1.29, 1.82) is 0 Å².